The lowest BCUT2D eigenvalue weighted by Crippen LogP contribution is -2.31. The standard InChI is InChI=1S/C15H19N3O3S/c1-10-12-4-2-3-5-13(12)17-14(10)15(19)18-7-6-11(8-18)9-22(16,20)21/h2-5,11,17H,6-9H2,1H3,(H2,16,20,21)/t11-/m0/s1. The molecule has 2 heterocycles. The van der Waals surface area contributed by atoms with Crippen molar-refractivity contribution in [2.45, 2.75) is 13.3 Å². The molecule has 0 aliphatic carbocycles. The number of nitrogens with one attached hydrogen (secondary N) is 1. The van der Waals surface area contributed by atoms with Crippen LogP contribution in [0, 0.1) is 12.8 Å². The average molecular weight is 321 g/mol. The molecule has 1 fully saturated rings. The average Bonchev–Trinajstić information content (AvgIpc) is 3.02. The van der Waals surface area contributed by atoms with E-state index in [1.54, 1.807) is 4.90 Å². The molecule has 6 nitrogen and oxygen atoms in total. The minimum atomic E-state index is -3.50. The fourth-order valence-electron chi connectivity index (χ4n) is 3.14. The van der Waals surface area contributed by atoms with E-state index in [9.17, 15) is 13.2 Å². The van der Waals surface area contributed by atoms with Crippen molar-refractivity contribution in [1.82, 2.24) is 9.88 Å². The second-order valence-electron chi connectivity index (χ2n) is 5.91. The summed E-state index contributed by atoms with van der Waals surface area (Å²) in [5.74, 6) is -0.225. The highest BCUT2D eigenvalue weighted by Gasteiger charge is 2.30. The maximum Gasteiger partial charge on any atom is 0.270 e. The van der Waals surface area contributed by atoms with Crippen molar-refractivity contribution in [3.05, 3.63) is 35.5 Å². The quantitative estimate of drug-likeness (QED) is 0.890. The number of hydrogen-bond acceptors (Lipinski definition) is 3. The number of benzene rings is 1. The van der Waals surface area contributed by atoms with Crippen molar-refractivity contribution >= 4 is 26.8 Å². The summed E-state index contributed by atoms with van der Waals surface area (Å²) in [6, 6.07) is 7.78. The Balaban J connectivity index is 1.81. The zero-order valence-corrected chi connectivity index (χ0v) is 13.2. The lowest BCUT2D eigenvalue weighted by molar-refractivity contribution is 0.0782. The molecule has 22 heavy (non-hydrogen) atoms. The summed E-state index contributed by atoms with van der Waals surface area (Å²) in [4.78, 5) is 17.5. The number of H-pyrrole nitrogens is 1. The van der Waals surface area contributed by atoms with Gasteiger partial charge in [-0.05, 0) is 30.9 Å². The van der Waals surface area contributed by atoms with Gasteiger partial charge in [0.1, 0.15) is 5.69 Å². The second-order valence-corrected chi connectivity index (χ2v) is 7.57. The summed E-state index contributed by atoms with van der Waals surface area (Å²) in [7, 11) is -3.50. The van der Waals surface area contributed by atoms with Crippen molar-refractivity contribution in [1.29, 1.82) is 0 Å². The third kappa shape index (κ3) is 2.86. The number of hydrogen-bond donors (Lipinski definition) is 2. The summed E-state index contributed by atoms with van der Waals surface area (Å²) in [6.45, 7) is 2.92. The zero-order chi connectivity index (χ0) is 15.9. The molecule has 0 spiro atoms. The number of amides is 1. The fraction of sp³-hybridized carbons (Fsp3) is 0.400. The van der Waals surface area contributed by atoms with Gasteiger partial charge in [-0.3, -0.25) is 4.79 Å². The third-order valence-electron chi connectivity index (χ3n) is 4.22. The molecule has 1 aliphatic heterocycles. The fourth-order valence-corrected chi connectivity index (χ4v) is 4.07. The first-order chi connectivity index (χ1) is 10.3. The molecule has 0 saturated carbocycles. The van der Waals surface area contributed by atoms with Gasteiger partial charge >= 0.3 is 0 Å². The summed E-state index contributed by atoms with van der Waals surface area (Å²) >= 11 is 0. The third-order valence-corrected chi connectivity index (χ3v) is 5.16. The van der Waals surface area contributed by atoms with E-state index in [0.29, 0.717) is 25.2 Å². The molecular formula is C15H19N3O3S. The molecule has 1 saturated heterocycles. The van der Waals surface area contributed by atoms with Crippen molar-refractivity contribution in [3.8, 4) is 0 Å². The van der Waals surface area contributed by atoms with E-state index in [2.05, 4.69) is 4.98 Å². The van der Waals surface area contributed by atoms with Crippen LogP contribution in [0.2, 0.25) is 0 Å². The predicted molar refractivity (Wildman–Crippen MR) is 85.0 cm³/mol. The predicted octanol–water partition coefficient (Wildman–Crippen LogP) is 1.23. The molecule has 118 valence electrons. The molecule has 2 aromatic rings. The van der Waals surface area contributed by atoms with Crippen LogP contribution >= 0.6 is 0 Å². The van der Waals surface area contributed by atoms with Crippen LogP contribution in [-0.4, -0.2) is 43.1 Å². The van der Waals surface area contributed by atoms with E-state index in [-0.39, 0.29) is 17.6 Å². The number of fused-ring (bicyclic) bond motifs is 1. The summed E-state index contributed by atoms with van der Waals surface area (Å²) in [6.07, 6.45) is 0.668. The van der Waals surface area contributed by atoms with Gasteiger partial charge in [-0.15, -0.1) is 0 Å². The number of aromatic nitrogens is 1. The van der Waals surface area contributed by atoms with Crippen molar-refractivity contribution in [3.63, 3.8) is 0 Å². The monoisotopic (exact) mass is 321 g/mol. The molecule has 7 heteroatoms. The topological polar surface area (TPSA) is 96.3 Å². The van der Waals surface area contributed by atoms with Gasteiger partial charge in [0.05, 0.1) is 5.75 Å². The van der Waals surface area contributed by atoms with E-state index in [1.165, 1.54) is 0 Å². The molecule has 1 aromatic heterocycles. The second kappa shape index (κ2) is 5.40. The Kier molecular flexibility index (Phi) is 3.70. The first kappa shape index (κ1) is 15.1. The maximum atomic E-state index is 12.7. The smallest absolute Gasteiger partial charge is 0.270 e. The number of carbonyl (C=O) groups is 1. The molecule has 1 atom stereocenters. The highest BCUT2D eigenvalue weighted by atomic mass is 32.2. The summed E-state index contributed by atoms with van der Waals surface area (Å²) in [5, 5.41) is 6.12. The van der Waals surface area contributed by atoms with Gasteiger partial charge in [-0.2, -0.15) is 0 Å². The van der Waals surface area contributed by atoms with Gasteiger partial charge in [-0.1, -0.05) is 18.2 Å². The van der Waals surface area contributed by atoms with Gasteiger partial charge in [0.15, 0.2) is 0 Å². The molecule has 0 radical (unpaired) electrons. The normalized spacial score (nSPS) is 19.0. The Morgan fingerprint density at radius 2 is 2.14 bits per heavy atom. The number of carbonyl (C=O) groups excluding carboxylic acids is 1. The molecule has 0 unspecified atom stereocenters. The first-order valence-corrected chi connectivity index (χ1v) is 8.94. The number of para-hydroxylation sites is 1. The van der Waals surface area contributed by atoms with Crippen LogP contribution in [0.3, 0.4) is 0 Å². The maximum absolute atomic E-state index is 12.7. The minimum Gasteiger partial charge on any atom is -0.350 e. The molecule has 3 N–H and O–H groups in total. The van der Waals surface area contributed by atoms with E-state index in [0.717, 1.165) is 16.5 Å². The Hall–Kier alpha value is -1.86. The van der Waals surface area contributed by atoms with Crippen LogP contribution in [0.5, 0.6) is 0 Å². The molecule has 1 aromatic carbocycles. The number of primary sulfonamides is 1. The number of nitrogens with zero attached hydrogens (tertiary/aromatic N) is 1. The first-order valence-electron chi connectivity index (χ1n) is 7.22. The van der Waals surface area contributed by atoms with Crippen LogP contribution in [0.15, 0.2) is 24.3 Å². The Bertz CT molecular complexity index is 826. The van der Waals surface area contributed by atoms with Gasteiger partial charge in [0, 0.05) is 24.0 Å². The van der Waals surface area contributed by atoms with Gasteiger partial charge in [-0.25, -0.2) is 13.6 Å². The molecule has 0 bridgehead atoms. The zero-order valence-electron chi connectivity index (χ0n) is 12.4. The molecule has 1 amide bonds. The largest absolute Gasteiger partial charge is 0.350 e. The number of likely N-dealkylation sites (tertiary alicyclic amines) is 1. The highest BCUT2D eigenvalue weighted by molar-refractivity contribution is 7.89. The van der Waals surface area contributed by atoms with Gasteiger partial charge in [0.25, 0.3) is 5.91 Å². The van der Waals surface area contributed by atoms with Crippen LogP contribution in [-0.2, 0) is 10.0 Å². The number of sulfonamides is 1. The number of aromatic amines is 1. The Morgan fingerprint density at radius 1 is 1.41 bits per heavy atom. The SMILES string of the molecule is Cc1c(C(=O)N2CC[C@H](CS(N)(=O)=O)C2)[nH]c2ccccc12. The van der Waals surface area contributed by atoms with Crippen LogP contribution in [0.1, 0.15) is 22.5 Å². The number of nitrogens with two attached hydrogens (primary N) is 1. The van der Waals surface area contributed by atoms with Crippen molar-refractivity contribution in [2.75, 3.05) is 18.8 Å². The molecular weight excluding hydrogens is 302 g/mol. The molecule has 1 aliphatic rings. The Labute approximate surface area is 129 Å². The summed E-state index contributed by atoms with van der Waals surface area (Å²) in [5.41, 5.74) is 2.44. The Morgan fingerprint density at radius 3 is 2.82 bits per heavy atom. The van der Waals surface area contributed by atoms with E-state index < -0.39 is 10.0 Å². The van der Waals surface area contributed by atoms with E-state index in [1.807, 2.05) is 31.2 Å². The van der Waals surface area contributed by atoms with Crippen molar-refractivity contribution in [2.24, 2.45) is 11.1 Å². The lowest BCUT2D eigenvalue weighted by atomic mass is 10.1. The van der Waals surface area contributed by atoms with E-state index in [4.69, 9.17) is 5.14 Å². The van der Waals surface area contributed by atoms with Gasteiger partial charge in [0.2, 0.25) is 10.0 Å². The highest BCUT2D eigenvalue weighted by Crippen LogP contribution is 2.25. The minimum absolute atomic E-state index is 0.0670. The van der Waals surface area contributed by atoms with Gasteiger partial charge < -0.3 is 9.88 Å². The van der Waals surface area contributed by atoms with Crippen molar-refractivity contribution < 1.29 is 13.2 Å². The van der Waals surface area contributed by atoms with E-state index >= 15 is 0 Å². The summed E-state index contributed by atoms with van der Waals surface area (Å²) < 4.78 is 22.3. The number of rotatable bonds is 3. The van der Waals surface area contributed by atoms with Crippen LogP contribution < -0.4 is 5.14 Å². The molecule has 3 rings (SSSR count). The van der Waals surface area contributed by atoms with Crippen LogP contribution in [0.4, 0.5) is 0 Å². The number of aryl methyl sites for hydroxylation is 1. The lowest BCUT2D eigenvalue weighted by Gasteiger charge is -2.16. The van der Waals surface area contributed by atoms with Crippen LogP contribution in [0.25, 0.3) is 10.9 Å².